The zero-order valence-corrected chi connectivity index (χ0v) is 11.7. The van der Waals surface area contributed by atoms with E-state index < -0.39 is 0 Å². The Morgan fingerprint density at radius 1 is 1.32 bits per heavy atom. The molecule has 5 heteroatoms. The van der Waals surface area contributed by atoms with Gasteiger partial charge in [-0.05, 0) is 45.1 Å². The van der Waals surface area contributed by atoms with E-state index >= 15 is 0 Å². The lowest BCUT2D eigenvalue weighted by atomic mass is 9.81. The second-order valence-electron chi connectivity index (χ2n) is 5.99. The van der Waals surface area contributed by atoms with Crippen molar-refractivity contribution in [1.29, 1.82) is 0 Å². The van der Waals surface area contributed by atoms with Crippen LogP contribution in [-0.2, 0) is 9.59 Å². The van der Waals surface area contributed by atoms with Crippen molar-refractivity contribution >= 4 is 11.8 Å². The molecule has 2 aliphatic rings. The lowest BCUT2D eigenvalue weighted by Gasteiger charge is -2.32. The molecule has 1 heterocycles. The van der Waals surface area contributed by atoms with Crippen LogP contribution in [0, 0.1) is 11.3 Å². The van der Waals surface area contributed by atoms with E-state index in [1.807, 2.05) is 0 Å². The summed E-state index contributed by atoms with van der Waals surface area (Å²) in [6.07, 6.45) is 5.14. The molecule has 2 fully saturated rings. The fraction of sp³-hybridized carbons (Fsp3) is 0.857. The van der Waals surface area contributed by atoms with E-state index in [1.54, 1.807) is 0 Å². The van der Waals surface area contributed by atoms with E-state index in [4.69, 9.17) is 5.73 Å². The van der Waals surface area contributed by atoms with Crippen LogP contribution in [0.15, 0.2) is 0 Å². The van der Waals surface area contributed by atoms with Crippen LogP contribution in [0.5, 0.6) is 0 Å². The highest BCUT2D eigenvalue weighted by Gasteiger charge is 2.40. The van der Waals surface area contributed by atoms with Gasteiger partial charge in [0.05, 0.1) is 5.41 Å². The number of carbonyl (C=O) groups is 2. The van der Waals surface area contributed by atoms with Gasteiger partial charge in [0.1, 0.15) is 0 Å². The van der Waals surface area contributed by atoms with E-state index in [0.717, 1.165) is 51.6 Å². The molecule has 108 valence electrons. The minimum absolute atomic E-state index is 0.00133. The number of hydrogen-bond acceptors (Lipinski definition) is 3. The number of nitrogens with one attached hydrogen (secondary N) is 2. The van der Waals surface area contributed by atoms with Crippen LogP contribution in [0.1, 0.15) is 45.4 Å². The lowest BCUT2D eigenvalue weighted by molar-refractivity contribution is -0.131. The van der Waals surface area contributed by atoms with Gasteiger partial charge in [-0.3, -0.25) is 9.59 Å². The van der Waals surface area contributed by atoms with Gasteiger partial charge < -0.3 is 16.4 Å². The molecule has 1 unspecified atom stereocenters. The van der Waals surface area contributed by atoms with Gasteiger partial charge in [0, 0.05) is 18.5 Å². The van der Waals surface area contributed by atoms with Gasteiger partial charge in [0.15, 0.2) is 0 Å². The minimum Gasteiger partial charge on any atom is -0.369 e. The van der Waals surface area contributed by atoms with Crippen LogP contribution in [0.4, 0.5) is 0 Å². The third-order valence-electron chi connectivity index (χ3n) is 4.87. The second-order valence-corrected chi connectivity index (χ2v) is 5.99. The zero-order valence-electron chi connectivity index (χ0n) is 11.7. The molecule has 1 saturated heterocycles. The average Bonchev–Trinajstić information content (AvgIpc) is 2.89. The third-order valence-corrected chi connectivity index (χ3v) is 4.87. The zero-order chi connectivity index (χ0) is 13.9. The Bertz CT molecular complexity index is 343. The molecule has 1 saturated carbocycles. The molecule has 1 atom stereocenters. The van der Waals surface area contributed by atoms with Crippen LogP contribution < -0.4 is 16.4 Å². The summed E-state index contributed by atoms with van der Waals surface area (Å²) in [5, 5.41) is 6.46. The average molecular weight is 267 g/mol. The first-order valence-corrected chi connectivity index (χ1v) is 7.38. The van der Waals surface area contributed by atoms with Crippen LogP contribution in [-0.4, -0.2) is 30.9 Å². The summed E-state index contributed by atoms with van der Waals surface area (Å²) >= 11 is 0. The Hall–Kier alpha value is -1.10. The lowest BCUT2D eigenvalue weighted by Crippen LogP contribution is -2.48. The van der Waals surface area contributed by atoms with E-state index in [2.05, 4.69) is 17.6 Å². The number of carbonyl (C=O) groups excluding carboxylic acids is 2. The van der Waals surface area contributed by atoms with Crippen LogP contribution >= 0.6 is 0 Å². The van der Waals surface area contributed by atoms with Gasteiger partial charge in [-0.2, -0.15) is 0 Å². The van der Waals surface area contributed by atoms with Crippen molar-refractivity contribution in [3.8, 4) is 0 Å². The number of primary amides is 1. The molecule has 1 aliphatic carbocycles. The molecule has 19 heavy (non-hydrogen) atoms. The largest absolute Gasteiger partial charge is 0.369 e. The van der Waals surface area contributed by atoms with E-state index in [-0.39, 0.29) is 29.2 Å². The van der Waals surface area contributed by atoms with Crippen LogP contribution in [0.3, 0.4) is 0 Å². The fourth-order valence-electron chi connectivity index (χ4n) is 3.26. The molecule has 2 amide bonds. The predicted molar refractivity (Wildman–Crippen MR) is 73.3 cm³/mol. The Kier molecular flexibility index (Phi) is 4.45. The first-order chi connectivity index (χ1) is 9.07. The number of rotatable bonds is 4. The maximum Gasteiger partial charge on any atom is 0.227 e. The van der Waals surface area contributed by atoms with E-state index in [1.165, 1.54) is 0 Å². The van der Waals surface area contributed by atoms with Crippen molar-refractivity contribution in [3.63, 3.8) is 0 Å². The minimum atomic E-state index is -0.222. The Morgan fingerprint density at radius 3 is 2.47 bits per heavy atom. The smallest absolute Gasteiger partial charge is 0.227 e. The van der Waals surface area contributed by atoms with E-state index in [0.29, 0.717) is 0 Å². The molecule has 0 bridgehead atoms. The highest BCUT2D eigenvalue weighted by Crippen LogP contribution is 2.31. The molecule has 0 aromatic carbocycles. The quantitative estimate of drug-likeness (QED) is 0.695. The van der Waals surface area contributed by atoms with Gasteiger partial charge in [-0.1, -0.05) is 6.92 Å². The maximum absolute atomic E-state index is 12.4. The first kappa shape index (κ1) is 14.3. The molecule has 0 radical (unpaired) electrons. The first-order valence-electron chi connectivity index (χ1n) is 7.38. The molecule has 2 rings (SSSR count). The number of hydrogen-bond donors (Lipinski definition) is 3. The fourth-order valence-corrected chi connectivity index (χ4v) is 3.26. The summed E-state index contributed by atoms with van der Waals surface area (Å²) in [5.74, 6) is -0.0150. The van der Waals surface area contributed by atoms with Crippen LogP contribution in [0.25, 0.3) is 0 Å². The summed E-state index contributed by atoms with van der Waals surface area (Å²) < 4.78 is 0. The molecular formula is C14H25N3O2. The number of nitrogens with two attached hydrogens (primary N) is 1. The summed E-state index contributed by atoms with van der Waals surface area (Å²) in [7, 11) is 0. The molecule has 0 aromatic rings. The van der Waals surface area contributed by atoms with Crippen molar-refractivity contribution in [2.45, 2.75) is 51.5 Å². The highest BCUT2D eigenvalue weighted by atomic mass is 16.2. The van der Waals surface area contributed by atoms with Gasteiger partial charge in [-0.15, -0.1) is 0 Å². The summed E-state index contributed by atoms with van der Waals surface area (Å²) in [5.41, 5.74) is 5.10. The van der Waals surface area contributed by atoms with Crippen molar-refractivity contribution in [2.24, 2.45) is 17.1 Å². The molecule has 4 N–H and O–H groups in total. The molecule has 0 aromatic heterocycles. The Morgan fingerprint density at radius 2 is 2.00 bits per heavy atom. The maximum atomic E-state index is 12.4. The third kappa shape index (κ3) is 3.08. The van der Waals surface area contributed by atoms with Gasteiger partial charge >= 0.3 is 0 Å². The summed E-state index contributed by atoms with van der Waals surface area (Å²) in [6, 6.07) is 0.215. The SMILES string of the molecule is CCC1(C(=O)NC2CCC(C(N)=O)CC2)CCNC1. The van der Waals surface area contributed by atoms with E-state index in [9.17, 15) is 9.59 Å². The predicted octanol–water partition coefficient (Wildman–Crippen LogP) is 0.536. The van der Waals surface area contributed by atoms with Gasteiger partial charge in [-0.25, -0.2) is 0 Å². The van der Waals surface area contributed by atoms with Gasteiger partial charge in [0.2, 0.25) is 11.8 Å². The molecule has 0 spiro atoms. The Labute approximate surface area is 114 Å². The Balaban J connectivity index is 1.85. The topological polar surface area (TPSA) is 84.2 Å². The second kappa shape index (κ2) is 5.90. The standard InChI is InChI=1S/C14H25N3O2/c1-2-14(7-8-16-9-14)13(19)17-11-5-3-10(4-6-11)12(15)18/h10-11,16H,2-9H2,1H3,(H2,15,18)(H,17,19). The normalized spacial score (nSPS) is 35.0. The van der Waals surface area contributed by atoms with Crippen LogP contribution in [0.2, 0.25) is 0 Å². The molecular weight excluding hydrogens is 242 g/mol. The summed E-state index contributed by atoms with van der Waals surface area (Å²) in [4.78, 5) is 23.6. The highest BCUT2D eigenvalue weighted by molar-refractivity contribution is 5.83. The molecule has 1 aliphatic heterocycles. The van der Waals surface area contributed by atoms with Crippen molar-refractivity contribution in [1.82, 2.24) is 10.6 Å². The van der Waals surface area contributed by atoms with Gasteiger partial charge in [0.25, 0.3) is 0 Å². The molecule has 5 nitrogen and oxygen atoms in total. The van der Waals surface area contributed by atoms with Crippen molar-refractivity contribution < 1.29 is 9.59 Å². The van der Waals surface area contributed by atoms with Crippen molar-refractivity contribution in [2.75, 3.05) is 13.1 Å². The van der Waals surface area contributed by atoms with Crippen molar-refractivity contribution in [3.05, 3.63) is 0 Å². The number of amides is 2. The summed E-state index contributed by atoms with van der Waals surface area (Å²) in [6.45, 7) is 3.79. The monoisotopic (exact) mass is 267 g/mol.